The van der Waals surface area contributed by atoms with Crippen LogP contribution in [0.2, 0.25) is 0 Å². The number of hydrogen-bond acceptors (Lipinski definition) is 4. The Kier molecular flexibility index (Phi) is 2.94. The van der Waals surface area contributed by atoms with E-state index in [9.17, 15) is 12.8 Å². The first-order valence-electron chi connectivity index (χ1n) is 3.41. The molecule has 0 radical (unpaired) electrons. The molecule has 0 saturated carbocycles. The van der Waals surface area contributed by atoms with Crippen molar-refractivity contribution in [2.45, 2.75) is 5.75 Å². The summed E-state index contributed by atoms with van der Waals surface area (Å²) in [6.45, 7) is 0. The summed E-state index contributed by atoms with van der Waals surface area (Å²) in [5, 5.41) is 0. The summed E-state index contributed by atoms with van der Waals surface area (Å²) in [6.07, 6.45) is 2.28. The minimum Gasteiger partial charge on any atom is -0.273 e. The van der Waals surface area contributed by atoms with E-state index in [2.05, 4.69) is 9.17 Å². The summed E-state index contributed by atoms with van der Waals surface area (Å²) < 4.78 is 38.6. The third kappa shape index (κ3) is 3.08. The van der Waals surface area contributed by atoms with Crippen LogP contribution in [0, 0.1) is 5.82 Å². The maximum absolute atomic E-state index is 12.5. The highest BCUT2D eigenvalue weighted by molar-refractivity contribution is 7.85. The maximum Gasteiger partial charge on any atom is 0.271 e. The first kappa shape index (κ1) is 10.1. The molecule has 4 nitrogen and oxygen atoms in total. The molecular formula is C7H8FNO3S. The highest BCUT2D eigenvalue weighted by Crippen LogP contribution is 2.06. The predicted octanol–water partition coefficient (Wildman–Crippen LogP) is 0.697. The molecule has 6 heteroatoms. The number of nitrogens with zero attached hydrogens (tertiary/aromatic N) is 1. The summed E-state index contributed by atoms with van der Waals surface area (Å²) in [6, 6.07) is 1.10. The summed E-state index contributed by atoms with van der Waals surface area (Å²) in [5.74, 6) is -0.933. The second-order valence-corrected chi connectivity index (χ2v) is 4.12. The van der Waals surface area contributed by atoms with Crippen LogP contribution in [-0.4, -0.2) is 20.5 Å². The summed E-state index contributed by atoms with van der Waals surface area (Å²) >= 11 is 0. The molecule has 0 aliphatic rings. The first-order valence-corrected chi connectivity index (χ1v) is 4.99. The topological polar surface area (TPSA) is 56.3 Å². The number of hydrogen-bond donors (Lipinski definition) is 0. The third-order valence-corrected chi connectivity index (χ3v) is 2.55. The van der Waals surface area contributed by atoms with Crippen molar-refractivity contribution in [1.82, 2.24) is 4.98 Å². The van der Waals surface area contributed by atoms with Crippen LogP contribution in [0.4, 0.5) is 4.39 Å². The van der Waals surface area contributed by atoms with Gasteiger partial charge in [0, 0.05) is 6.20 Å². The predicted molar refractivity (Wildman–Crippen MR) is 43.8 cm³/mol. The molecule has 0 atom stereocenters. The summed E-state index contributed by atoms with van der Waals surface area (Å²) in [5.41, 5.74) is 0.266. The van der Waals surface area contributed by atoms with E-state index in [0.717, 1.165) is 19.4 Å². The Bertz CT molecular complexity index is 390. The summed E-state index contributed by atoms with van der Waals surface area (Å²) in [7, 11) is -2.54. The standard InChI is InChI=1S/C7H8FNO3S/c1-12-13(10,11)5-6-2-7(8)4-9-3-6/h2-4H,5H2,1H3. The van der Waals surface area contributed by atoms with Crippen LogP contribution in [0.15, 0.2) is 18.5 Å². The van der Waals surface area contributed by atoms with Crippen LogP contribution >= 0.6 is 0 Å². The Morgan fingerprint density at radius 1 is 1.54 bits per heavy atom. The van der Waals surface area contributed by atoms with Crippen LogP contribution in [0.3, 0.4) is 0 Å². The van der Waals surface area contributed by atoms with Gasteiger partial charge in [-0.1, -0.05) is 0 Å². The monoisotopic (exact) mass is 205 g/mol. The molecular weight excluding hydrogens is 197 g/mol. The van der Waals surface area contributed by atoms with Gasteiger partial charge in [0.2, 0.25) is 0 Å². The van der Waals surface area contributed by atoms with Gasteiger partial charge in [-0.2, -0.15) is 8.42 Å². The average Bonchev–Trinajstić information content (AvgIpc) is 2.03. The Morgan fingerprint density at radius 3 is 2.77 bits per heavy atom. The van der Waals surface area contributed by atoms with Gasteiger partial charge in [0.1, 0.15) is 11.6 Å². The van der Waals surface area contributed by atoms with E-state index in [1.54, 1.807) is 0 Å². The van der Waals surface area contributed by atoms with Crippen molar-refractivity contribution in [3.05, 3.63) is 29.8 Å². The molecule has 0 aromatic carbocycles. The van der Waals surface area contributed by atoms with Crippen molar-refractivity contribution in [2.24, 2.45) is 0 Å². The lowest BCUT2D eigenvalue weighted by atomic mass is 10.3. The van der Waals surface area contributed by atoms with E-state index in [1.807, 2.05) is 0 Å². The largest absolute Gasteiger partial charge is 0.273 e. The van der Waals surface area contributed by atoms with Crippen LogP contribution in [-0.2, 0) is 20.1 Å². The van der Waals surface area contributed by atoms with Gasteiger partial charge in [0.25, 0.3) is 10.1 Å². The van der Waals surface area contributed by atoms with E-state index >= 15 is 0 Å². The smallest absolute Gasteiger partial charge is 0.271 e. The Balaban J connectivity index is 2.87. The maximum atomic E-state index is 12.5. The summed E-state index contributed by atoms with van der Waals surface area (Å²) in [4.78, 5) is 3.51. The first-order chi connectivity index (χ1) is 6.03. The fourth-order valence-corrected chi connectivity index (χ4v) is 1.48. The van der Waals surface area contributed by atoms with Gasteiger partial charge < -0.3 is 0 Å². The van der Waals surface area contributed by atoms with E-state index in [4.69, 9.17) is 0 Å². The van der Waals surface area contributed by atoms with Crippen molar-refractivity contribution in [3.8, 4) is 0 Å². The van der Waals surface area contributed by atoms with Gasteiger partial charge >= 0.3 is 0 Å². The van der Waals surface area contributed by atoms with Crippen LogP contribution in [0.25, 0.3) is 0 Å². The second-order valence-electron chi connectivity index (χ2n) is 2.38. The van der Waals surface area contributed by atoms with Crippen LogP contribution in [0.5, 0.6) is 0 Å². The molecule has 1 heterocycles. The van der Waals surface area contributed by atoms with Crippen molar-refractivity contribution in [2.75, 3.05) is 7.11 Å². The molecule has 0 unspecified atom stereocenters. The zero-order chi connectivity index (χ0) is 9.90. The number of halogens is 1. The fraction of sp³-hybridized carbons (Fsp3) is 0.286. The van der Waals surface area contributed by atoms with Gasteiger partial charge in [-0.3, -0.25) is 9.17 Å². The minimum absolute atomic E-state index is 0.266. The molecule has 0 bridgehead atoms. The van der Waals surface area contributed by atoms with Crippen LogP contribution in [0.1, 0.15) is 5.56 Å². The minimum atomic E-state index is -3.60. The Hall–Kier alpha value is -1.01. The van der Waals surface area contributed by atoms with Crippen LogP contribution < -0.4 is 0 Å². The normalized spacial score (nSPS) is 11.5. The Labute approximate surface area is 75.5 Å². The zero-order valence-electron chi connectivity index (χ0n) is 6.90. The fourth-order valence-electron chi connectivity index (χ4n) is 0.798. The molecule has 1 rings (SSSR count). The van der Waals surface area contributed by atoms with E-state index < -0.39 is 15.9 Å². The molecule has 0 saturated heterocycles. The lowest BCUT2D eigenvalue weighted by molar-refractivity contribution is 0.397. The number of rotatable bonds is 3. The molecule has 72 valence electrons. The van der Waals surface area contributed by atoms with E-state index in [1.165, 1.54) is 6.20 Å². The van der Waals surface area contributed by atoms with E-state index in [0.29, 0.717) is 0 Å². The molecule has 0 spiro atoms. The van der Waals surface area contributed by atoms with Crippen molar-refractivity contribution in [1.29, 1.82) is 0 Å². The molecule has 1 aromatic heterocycles. The quantitative estimate of drug-likeness (QED) is 0.681. The van der Waals surface area contributed by atoms with Gasteiger partial charge in [-0.15, -0.1) is 0 Å². The molecule has 0 fully saturated rings. The highest BCUT2D eigenvalue weighted by atomic mass is 32.2. The van der Waals surface area contributed by atoms with Gasteiger partial charge in [-0.05, 0) is 11.6 Å². The SMILES string of the molecule is COS(=O)(=O)Cc1cncc(F)c1. The van der Waals surface area contributed by atoms with Crippen molar-refractivity contribution in [3.63, 3.8) is 0 Å². The lowest BCUT2D eigenvalue weighted by Gasteiger charge is -2.00. The van der Waals surface area contributed by atoms with Gasteiger partial charge in [-0.25, -0.2) is 4.39 Å². The van der Waals surface area contributed by atoms with Crippen molar-refractivity contribution >= 4 is 10.1 Å². The van der Waals surface area contributed by atoms with Gasteiger partial charge in [0.15, 0.2) is 0 Å². The zero-order valence-corrected chi connectivity index (χ0v) is 7.71. The van der Waals surface area contributed by atoms with Crippen molar-refractivity contribution < 1.29 is 17.0 Å². The molecule has 0 aliphatic heterocycles. The van der Waals surface area contributed by atoms with E-state index in [-0.39, 0.29) is 11.3 Å². The highest BCUT2D eigenvalue weighted by Gasteiger charge is 2.10. The number of pyridine rings is 1. The lowest BCUT2D eigenvalue weighted by Crippen LogP contribution is -2.06. The Morgan fingerprint density at radius 2 is 2.23 bits per heavy atom. The third-order valence-electron chi connectivity index (χ3n) is 1.36. The molecule has 0 amide bonds. The van der Waals surface area contributed by atoms with Gasteiger partial charge in [0.05, 0.1) is 13.3 Å². The molecule has 0 aliphatic carbocycles. The second kappa shape index (κ2) is 3.80. The molecule has 13 heavy (non-hydrogen) atoms. The number of aromatic nitrogens is 1. The molecule has 0 N–H and O–H groups in total. The average molecular weight is 205 g/mol. The molecule has 1 aromatic rings.